The molecule has 1 unspecified atom stereocenters. The van der Waals surface area contributed by atoms with E-state index < -0.39 is 11.1 Å². The molecule has 6 nitrogen and oxygen atoms in total. The van der Waals surface area contributed by atoms with Crippen molar-refractivity contribution < 1.29 is 18.3 Å². The molecule has 0 bridgehead atoms. The summed E-state index contributed by atoms with van der Waals surface area (Å²) in [4.78, 5) is 13.7. The van der Waals surface area contributed by atoms with Gasteiger partial charge in [-0.3, -0.25) is 9.00 Å². The number of rotatable bonds is 6. The molecule has 1 amide bonds. The van der Waals surface area contributed by atoms with Crippen LogP contribution in [0.5, 0.6) is 0 Å². The van der Waals surface area contributed by atoms with Crippen molar-refractivity contribution in [3.63, 3.8) is 0 Å². The fourth-order valence-electron chi connectivity index (χ4n) is 5.50. The Morgan fingerprint density at radius 2 is 1.80 bits per heavy atom. The molecule has 1 aromatic heterocycles. The molecule has 0 radical (unpaired) electrons. The summed E-state index contributed by atoms with van der Waals surface area (Å²) < 4.78 is 31.6. The van der Waals surface area contributed by atoms with Crippen LogP contribution in [0.25, 0.3) is 11.3 Å². The third kappa shape index (κ3) is 6.07. The van der Waals surface area contributed by atoms with Gasteiger partial charge in [-0.05, 0) is 84.3 Å². The Morgan fingerprint density at radius 1 is 1.11 bits per heavy atom. The van der Waals surface area contributed by atoms with E-state index in [-0.39, 0.29) is 17.4 Å². The zero-order valence-electron chi connectivity index (χ0n) is 21.5. The molecule has 1 atom stereocenters. The maximum absolute atomic E-state index is 13.3. The van der Waals surface area contributed by atoms with Crippen molar-refractivity contribution in [3.8, 4) is 11.3 Å². The highest BCUT2D eigenvalue weighted by molar-refractivity contribution is 7.79. The maximum Gasteiger partial charge on any atom is 0.253 e. The Bertz CT molecular complexity index is 1070. The number of amides is 1. The summed E-state index contributed by atoms with van der Waals surface area (Å²) in [5.41, 5.74) is 4.08. The smallest absolute Gasteiger partial charge is 0.253 e. The predicted octanol–water partition coefficient (Wildman–Crippen LogP) is 5.49. The number of ether oxygens (including phenoxy) is 1. The van der Waals surface area contributed by atoms with Gasteiger partial charge in [-0.15, -0.1) is 0 Å². The molecule has 1 aliphatic carbocycles. The van der Waals surface area contributed by atoms with E-state index in [2.05, 4.69) is 9.88 Å². The van der Waals surface area contributed by atoms with Crippen LogP contribution < -0.4 is 5.32 Å². The van der Waals surface area contributed by atoms with Crippen molar-refractivity contribution in [1.29, 1.82) is 0 Å². The monoisotopic (exact) mass is 499 g/mol. The van der Waals surface area contributed by atoms with Gasteiger partial charge in [0.25, 0.3) is 5.91 Å². The molecule has 0 spiro atoms. The molecule has 1 saturated carbocycles. The molecule has 1 saturated heterocycles. The summed E-state index contributed by atoms with van der Waals surface area (Å²) in [6, 6.07) is 7.72. The topological polar surface area (TPSA) is 83.4 Å². The van der Waals surface area contributed by atoms with Gasteiger partial charge < -0.3 is 19.2 Å². The lowest BCUT2D eigenvalue weighted by Gasteiger charge is -2.26. The minimum absolute atomic E-state index is 0.0358. The summed E-state index contributed by atoms with van der Waals surface area (Å²) in [5, 5.41) is 3.22. The Hall–Kier alpha value is -1.96. The van der Waals surface area contributed by atoms with Gasteiger partial charge in [0.05, 0.1) is 5.56 Å². The van der Waals surface area contributed by atoms with E-state index in [9.17, 15) is 13.6 Å². The first kappa shape index (κ1) is 26.1. The summed E-state index contributed by atoms with van der Waals surface area (Å²) in [6.45, 7) is 10.4. The predicted molar refractivity (Wildman–Crippen MR) is 138 cm³/mol. The molecular formula is C28H39N2O4S-. The van der Waals surface area contributed by atoms with Crippen molar-refractivity contribution in [2.75, 3.05) is 13.2 Å². The fourth-order valence-corrected chi connectivity index (χ4v) is 6.23. The number of carbonyl (C=O) groups excluding carboxylic acids is 1. The SMILES string of the molecule is Cc1c(C(=O)NC2CCOCC2)cc(-c2ccc(S(=O)[O-])c(C(C)(C)C)c2)n1CC1CCCCC1. The van der Waals surface area contributed by atoms with Crippen LogP contribution >= 0.6 is 0 Å². The van der Waals surface area contributed by atoms with Crippen LogP contribution in [0.1, 0.15) is 87.3 Å². The molecule has 2 heterocycles. The highest BCUT2D eigenvalue weighted by atomic mass is 32.2. The van der Waals surface area contributed by atoms with E-state index in [0.717, 1.165) is 41.9 Å². The van der Waals surface area contributed by atoms with E-state index in [4.69, 9.17) is 4.74 Å². The maximum atomic E-state index is 13.3. The summed E-state index contributed by atoms with van der Waals surface area (Å²) in [7, 11) is 0. The van der Waals surface area contributed by atoms with E-state index >= 15 is 0 Å². The molecule has 192 valence electrons. The van der Waals surface area contributed by atoms with Crippen LogP contribution in [0.2, 0.25) is 0 Å². The lowest BCUT2D eigenvalue weighted by Crippen LogP contribution is -2.39. The van der Waals surface area contributed by atoms with Crippen molar-refractivity contribution >= 4 is 17.0 Å². The van der Waals surface area contributed by atoms with Gasteiger partial charge in [0, 0.05) is 42.1 Å². The third-order valence-corrected chi connectivity index (χ3v) is 8.31. The van der Waals surface area contributed by atoms with E-state index in [1.165, 1.54) is 32.1 Å². The van der Waals surface area contributed by atoms with E-state index in [0.29, 0.717) is 29.6 Å². The van der Waals surface area contributed by atoms with Gasteiger partial charge in [-0.1, -0.05) is 46.1 Å². The number of nitrogens with zero attached hydrogens (tertiary/aromatic N) is 1. The largest absolute Gasteiger partial charge is 0.768 e. The molecule has 1 aromatic carbocycles. The fraction of sp³-hybridized carbons (Fsp3) is 0.607. The van der Waals surface area contributed by atoms with E-state index in [1.54, 1.807) is 6.07 Å². The first-order valence-corrected chi connectivity index (χ1v) is 14.1. The zero-order valence-corrected chi connectivity index (χ0v) is 22.3. The lowest BCUT2D eigenvalue weighted by molar-refractivity contribution is 0.0696. The van der Waals surface area contributed by atoms with Crippen molar-refractivity contribution in [2.45, 2.75) is 95.5 Å². The molecule has 1 N–H and O–H groups in total. The van der Waals surface area contributed by atoms with E-state index in [1.807, 2.05) is 45.9 Å². The zero-order chi connectivity index (χ0) is 25.2. The van der Waals surface area contributed by atoms with Gasteiger partial charge in [0.1, 0.15) is 0 Å². The van der Waals surface area contributed by atoms with Gasteiger partial charge in [0.15, 0.2) is 0 Å². The molecule has 4 rings (SSSR count). The van der Waals surface area contributed by atoms with Crippen LogP contribution in [0.3, 0.4) is 0 Å². The van der Waals surface area contributed by atoms with Gasteiger partial charge in [-0.25, -0.2) is 0 Å². The van der Waals surface area contributed by atoms with Crippen LogP contribution in [-0.2, 0) is 27.8 Å². The van der Waals surface area contributed by atoms with Gasteiger partial charge in [0.2, 0.25) is 0 Å². The van der Waals surface area contributed by atoms with Crippen molar-refractivity contribution in [1.82, 2.24) is 9.88 Å². The second-order valence-corrected chi connectivity index (χ2v) is 12.1. The van der Waals surface area contributed by atoms with Crippen LogP contribution in [0.4, 0.5) is 0 Å². The molecule has 2 aromatic rings. The van der Waals surface area contributed by atoms with Crippen molar-refractivity contribution in [2.24, 2.45) is 5.92 Å². The molecule has 7 heteroatoms. The quantitative estimate of drug-likeness (QED) is 0.533. The van der Waals surface area contributed by atoms with Gasteiger partial charge >= 0.3 is 0 Å². The standard InChI is InChI=1S/C28H40N2O4S/c1-19-23(27(31)29-22-12-14-34-15-13-22)17-25(30(19)18-20-8-6-5-7-9-20)21-10-11-26(35(32)33)24(16-21)28(2,3)4/h10-11,16-17,20,22H,5-9,12-15,18H2,1-4H3,(H,29,31)(H,32,33)/p-1. The highest BCUT2D eigenvalue weighted by Crippen LogP contribution is 2.35. The molecule has 2 aliphatic rings. The average Bonchev–Trinajstić information content (AvgIpc) is 3.15. The minimum Gasteiger partial charge on any atom is -0.768 e. The number of carbonyl (C=O) groups is 1. The Labute approximate surface area is 212 Å². The van der Waals surface area contributed by atoms with Crippen LogP contribution in [-0.4, -0.2) is 38.5 Å². The van der Waals surface area contributed by atoms with Crippen LogP contribution in [0, 0.1) is 12.8 Å². The number of hydrogen-bond acceptors (Lipinski definition) is 4. The third-order valence-electron chi connectivity index (χ3n) is 7.60. The minimum atomic E-state index is -2.30. The average molecular weight is 500 g/mol. The second-order valence-electron chi connectivity index (χ2n) is 11.2. The molecule has 1 aliphatic heterocycles. The summed E-state index contributed by atoms with van der Waals surface area (Å²) in [6.07, 6.45) is 7.91. The highest BCUT2D eigenvalue weighted by Gasteiger charge is 2.26. The van der Waals surface area contributed by atoms with Crippen LogP contribution in [0.15, 0.2) is 29.2 Å². The Morgan fingerprint density at radius 3 is 2.43 bits per heavy atom. The normalized spacial score (nSPS) is 19.0. The lowest BCUT2D eigenvalue weighted by atomic mass is 9.85. The summed E-state index contributed by atoms with van der Waals surface area (Å²) in [5.74, 6) is 0.557. The Kier molecular flexibility index (Phi) is 8.19. The molecule has 35 heavy (non-hydrogen) atoms. The second kappa shape index (κ2) is 11.0. The first-order valence-electron chi connectivity index (χ1n) is 13.0. The van der Waals surface area contributed by atoms with Gasteiger partial charge in [-0.2, -0.15) is 0 Å². The number of benzene rings is 1. The first-order chi connectivity index (χ1) is 16.6. The number of nitrogens with one attached hydrogen (secondary N) is 1. The number of hydrogen-bond donors (Lipinski definition) is 1. The summed E-state index contributed by atoms with van der Waals surface area (Å²) >= 11 is -2.30. The number of aromatic nitrogens is 1. The molecular weight excluding hydrogens is 460 g/mol. The molecule has 2 fully saturated rings. The van der Waals surface area contributed by atoms with Crippen molar-refractivity contribution in [3.05, 3.63) is 41.1 Å². The Balaban J connectivity index is 1.75.